The zero-order valence-corrected chi connectivity index (χ0v) is 13.0. The maximum absolute atomic E-state index is 11.7. The maximum Gasteiger partial charge on any atom is 0.151 e. The standard InChI is InChI=1S/C13H17ClN2O3S/c1-3-20(17,18)7-6-16-12-8-10(19-2)4-5-11(12)15-13(16)9-14/h4-5,8H,3,6-7,9H2,1-2H3. The molecule has 20 heavy (non-hydrogen) atoms. The molecule has 0 saturated carbocycles. The van der Waals surface area contributed by atoms with Gasteiger partial charge in [0.1, 0.15) is 11.6 Å². The van der Waals surface area contributed by atoms with E-state index in [1.54, 1.807) is 14.0 Å². The molecule has 0 fully saturated rings. The maximum atomic E-state index is 11.7. The van der Waals surface area contributed by atoms with Gasteiger partial charge in [-0.1, -0.05) is 6.92 Å². The van der Waals surface area contributed by atoms with E-state index in [1.807, 2.05) is 22.8 Å². The first-order valence-electron chi connectivity index (χ1n) is 6.30. The molecule has 0 amide bonds. The molecule has 1 heterocycles. The van der Waals surface area contributed by atoms with Crippen LogP contribution >= 0.6 is 11.6 Å². The van der Waals surface area contributed by atoms with Crippen LogP contribution in [0, 0.1) is 0 Å². The van der Waals surface area contributed by atoms with Gasteiger partial charge in [-0.05, 0) is 12.1 Å². The first kappa shape index (κ1) is 15.1. The summed E-state index contributed by atoms with van der Waals surface area (Å²) in [6, 6.07) is 5.51. The molecule has 0 unspecified atom stereocenters. The Hall–Kier alpha value is -1.27. The van der Waals surface area contributed by atoms with Gasteiger partial charge in [0.15, 0.2) is 9.84 Å². The molecule has 2 rings (SSSR count). The Morgan fingerprint density at radius 3 is 2.75 bits per heavy atom. The number of halogens is 1. The van der Waals surface area contributed by atoms with Gasteiger partial charge in [-0.2, -0.15) is 0 Å². The molecule has 0 radical (unpaired) electrons. The van der Waals surface area contributed by atoms with Crippen molar-refractivity contribution in [3.05, 3.63) is 24.0 Å². The third-order valence-electron chi connectivity index (χ3n) is 3.22. The second kappa shape index (κ2) is 6.01. The van der Waals surface area contributed by atoms with Gasteiger partial charge in [-0.15, -0.1) is 11.6 Å². The predicted octanol–water partition coefficient (Wildman–Crippen LogP) is 2.22. The Bertz CT molecular complexity index is 710. The second-order valence-electron chi connectivity index (χ2n) is 4.40. The SMILES string of the molecule is CCS(=O)(=O)CCn1c(CCl)nc2ccc(OC)cc21. The summed E-state index contributed by atoms with van der Waals surface area (Å²) in [6.07, 6.45) is 0. The number of methoxy groups -OCH3 is 1. The number of sulfone groups is 1. The Morgan fingerprint density at radius 1 is 1.40 bits per heavy atom. The summed E-state index contributed by atoms with van der Waals surface area (Å²) in [5.74, 6) is 1.83. The molecule has 0 saturated heterocycles. The summed E-state index contributed by atoms with van der Waals surface area (Å²) in [5, 5.41) is 0. The lowest BCUT2D eigenvalue weighted by molar-refractivity contribution is 0.415. The van der Waals surface area contributed by atoms with Crippen molar-refractivity contribution in [3.8, 4) is 5.75 Å². The van der Waals surface area contributed by atoms with E-state index in [-0.39, 0.29) is 17.4 Å². The van der Waals surface area contributed by atoms with Gasteiger partial charge in [0.25, 0.3) is 0 Å². The molecular formula is C13H17ClN2O3S. The molecule has 7 heteroatoms. The van der Waals surface area contributed by atoms with E-state index in [0.29, 0.717) is 18.1 Å². The molecule has 1 aromatic carbocycles. The van der Waals surface area contributed by atoms with Crippen molar-refractivity contribution in [3.63, 3.8) is 0 Å². The zero-order chi connectivity index (χ0) is 14.8. The van der Waals surface area contributed by atoms with E-state index in [2.05, 4.69) is 4.98 Å². The number of alkyl halides is 1. The van der Waals surface area contributed by atoms with Crippen molar-refractivity contribution in [2.45, 2.75) is 19.3 Å². The third kappa shape index (κ3) is 3.07. The van der Waals surface area contributed by atoms with Gasteiger partial charge < -0.3 is 9.30 Å². The van der Waals surface area contributed by atoms with Crippen molar-refractivity contribution in [2.24, 2.45) is 0 Å². The largest absolute Gasteiger partial charge is 0.497 e. The van der Waals surface area contributed by atoms with Gasteiger partial charge in [-0.3, -0.25) is 0 Å². The molecule has 0 bridgehead atoms. The average Bonchev–Trinajstić information content (AvgIpc) is 2.82. The van der Waals surface area contributed by atoms with Crippen LogP contribution in [-0.2, 0) is 22.3 Å². The van der Waals surface area contributed by atoms with Gasteiger partial charge in [-0.25, -0.2) is 13.4 Å². The van der Waals surface area contributed by atoms with E-state index >= 15 is 0 Å². The Morgan fingerprint density at radius 2 is 2.15 bits per heavy atom. The van der Waals surface area contributed by atoms with E-state index in [1.165, 1.54) is 0 Å². The van der Waals surface area contributed by atoms with Crippen LogP contribution in [0.25, 0.3) is 11.0 Å². The third-order valence-corrected chi connectivity index (χ3v) is 5.14. The molecule has 0 aliphatic carbocycles. The smallest absolute Gasteiger partial charge is 0.151 e. The summed E-state index contributed by atoms with van der Waals surface area (Å²) in [7, 11) is -1.44. The van der Waals surface area contributed by atoms with Crippen LogP contribution in [0.4, 0.5) is 0 Å². The Kier molecular flexibility index (Phi) is 4.55. The number of hydrogen-bond acceptors (Lipinski definition) is 4. The Balaban J connectivity index is 2.43. The van der Waals surface area contributed by atoms with Crippen molar-refractivity contribution in [1.29, 1.82) is 0 Å². The molecule has 110 valence electrons. The lowest BCUT2D eigenvalue weighted by atomic mass is 10.3. The first-order valence-corrected chi connectivity index (χ1v) is 8.66. The fourth-order valence-electron chi connectivity index (χ4n) is 2.01. The number of rotatable bonds is 6. The van der Waals surface area contributed by atoms with Crippen LogP contribution in [-0.4, -0.2) is 36.6 Å². The summed E-state index contributed by atoms with van der Waals surface area (Å²) >= 11 is 5.90. The summed E-state index contributed by atoms with van der Waals surface area (Å²) < 4.78 is 30.4. The van der Waals surface area contributed by atoms with E-state index in [0.717, 1.165) is 11.0 Å². The van der Waals surface area contributed by atoms with E-state index < -0.39 is 9.84 Å². The van der Waals surface area contributed by atoms with Gasteiger partial charge in [0.2, 0.25) is 0 Å². The number of benzene rings is 1. The predicted molar refractivity (Wildman–Crippen MR) is 80.2 cm³/mol. The molecule has 5 nitrogen and oxygen atoms in total. The van der Waals surface area contributed by atoms with E-state index in [9.17, 15) is 8.42 Å². The molecular weight excluding hydrogens is 300 g/mol. The first-order chi connectivity index (χ1) is 9.50. The highest BCUT2D eigenvalue weighted by atomic mass is 35.5. The number of aromatic nitrogens is 2. The monoisotopic (exact) mass is 316 g/mol. The molecule has 0 aliphatic rings. The Labute approximate surface area is 123 Å². The highest BCUT2D eigenvalue weighted by Gasteiger charge is 2.14. The topological polar surface area (TPSA) is 61.2 Å². The van der Waals surface area contributed by atoms with Crippen molar-refractivity contribution >= 4 is 32.5 Å². The highest BCUT2D eigenvalue weighted by molar-refractivity contribution is 7.91. The quantitative estimate of drug-likeness (QED) is 0.767. The number of fused-ring (bicyclic) bond motifs is 1. The second-order valence-corrected chi connectivity index (χ2v) is 7.14. The van der Waals surface area contributed by atoms with Crippen molar-refractivity contribution in [2.75, 3.05) is 18.6 Å². The highest BCUT2D eigenvalue weighted by Crippen LogP contribution is 2.23. The van der Waals surface area contributed by atoms with Crippen LogP contribution in [0.2, 0.25) is 0 Å². The van der Waals surface area contributed by atoms with Crippen LogP contribution in [0.15, 0.2) is 18.2 Å². The van der Waals surface area contributed by atoms with Gasteiger partial charge >= 0.3 is 0 Å². The van der Waals surface area contributed by atoms with Crippen LogP contribution in [0.3, 0.4) is 0 Å². The van der Waals surface area contributed by atoms with E-state index in [4.69, 9.17) is 16.3 Å². The fourth-order valence-corrected chi connectivity index (χ4v) is 2.96. The minimum absolute atomic E-state index is 0.0794. The molecule has 0 N–H and O–H groups in total. The molecule has 2 aromatic rings. The number of nitrogens with zero attached hydrogens (tertiary/aromatic N) is 2. The minimum Gasteiger partial charge on any atom is -0.497 e. The van der Waals surface area contributed by atoms with Crippen LogP contribution in [0.5, 0.6) is 5.75 Å². The fraction of sp³-hybridized carbons (Fsp3) is 0.462. The van der Waals surface area contributed by atoms with Gasteiger partial charge in [0.05, 0.1) is 29.8 Å². The number of imidazole rings is 1. The minimum atomic E-state index is -3.03. The number of hydrogen-bond donors (Lipinski definition) is 0. The van der Waals surface area contributed by atoms with Crippen molar-refractivity contribution in [1.82, 2.24) is 9.55 Å². The molecule has 0 aliphatic heterocycles. The molecule has 0 spiro atoms. The lowest BCUT2D eigenvalue weighted by Gasteiger charge is -2.08. The average molecular weight is 317 g/mol. The molecule has 0 atom stereocenters. The number of aryl methyl sites for hydroxylation is 1. The lowest BCUT2D eigenvalue weighted by Crippen LogP contribution is -2.15. The number of ether oxygens (including phenoxy) is 1. The van der Waals surface area contributed by atoms with Crippen LogP contribution < -0.4 is 4.74 Å². The zero-order valence-electron chi connectivity index (χ0n) is 11.5. The van der Waals surface area contributed by atoms with Gasteiger partial charge in [0, 0.05) is 18.4 Å². The summed E-state index contributed by atoms with van der Waals surface area (Å²) in [5.41, 5.74) is 1.63. The van der Waals surface area contributed by atoms with Crippen molar-refractivity contribution < 1.29 is 13.2 Å². The summed E-state index contributed by atoms with van der Waals surface area (Å²) in [6.45, 7) is 1.99. The normalized spacial score (nSPS) is 11.9. The summed E-state index contributed by atoms with van der Waals surface area (Å²) in [4.78, 5) is 4.41. The molecule has 1 aromatic heterocycles. The van der Waals surface area contributed by atoms with Crippen LogP contribution in [0.1, 0.15) is 12.7 Å².